The van der Waals surface area contributed by atoms with E-state index in [4.69, 9.17) is 4.42 Å². The first-order chi connectivity index (χ1) is 9.17. The molecule has 0 aromatic carbocycles. The van der Waals surface area contributed by atoms with E-state index >= 15 is 0 Å². The van der Waals surface area contributed by atoms with E-state index in [2.05, 4.69) is 19.2 Å². The molecule has 1 amide bonds. The Morgan fingerprint density at radius 2 is 2.26 bits per heavy atom. The summed E-state index contributed by atoms with van der Waals surface area (Å²) in [6, 6.07) is 5.02. The zero-order valence-corrected chi connectivity index (χ0v) is 11.7. The average molecular weight is 262 g/mol. The van der Waals surface area contributed by atoms with E-state index < -0.39 is 0 Å². The Morgan fingerprint density at radius 3 is 2.89 bits per heavy atom. The second kappa shape index (κ2) is 5.00. The molecule has 1 aromatic heterocycles. The number of nitrogens with one attached hydrogen (secondary N) is 1. The van der Waals surface area contributed by atoms with Crippen molar-refractivity contribution >= 4 is 5.91 Å². The van der Waals surface area contributed by atoms with Crippen LogP contribution in [0.25, 0.3) is 0 Å². The molecule has 1 aliphatic carbocycles. The summed E-state index contributed by atoms with van der Waals surface area (Å²) < 4.78 is 5.76. The van der Waals surface area contributed by atoms with Crippen molar-refractivity contribution in [3.63, 3.8) is 0 Å². The van der Waals surface area contributed by atoms with Crippen LogP contribution in [0.1, 0.15) is 50.7 Å². The van der Waals surface area contributed by atoms with Crippen molar-refractivity contribution in [2.24, 2.45) is 0 Å². The molecule has 3 rings (SSSR count). The molecule has 19 heavy (non-hydrogen) atoms. The lowest BCUT2D eigenvalue weighted by Crippen LogP contribution is -2.35. The van der Waals surface area contributed by atoms with Crippen LogP contribution >= 0.6 is 0 Å². The summed E-state index contributed by atoms with van der Waals surface area (Å²) in [7, 11) is 0. The van der Waals surface area contributed by atoms with Crippen LogP contribution < -0.4 is 5.32 Å². The molecule has 4 nitrogen and oxygen atoms in total. The third-order valence-electron chi connectivity index (χ3n) is 4.09. The fourth-order valence-corrected chi connectivity index (χ4v) is 2.84. The Bertz CT molecular complexity index is 464. The Hall–Kier alpha value is -1.29. The number of amides is 1. The van der Waals surface area contributed by atoms with E-state index in [9.17, 15) is 4.79 Å². The van der Waals surface area contributed by atoms with Gasteiger partial charge in [-0.15, -0.1) is 0 Å². The van der Waals surface area contributed by atoms with Gasteiger partial charge in [-0.3, -0.25) is 4.79 Å². The zero-order valence-electron chi connectivity index (χ0n) is 11.7. The second-order valence-electron chi connectivity index (χ2n) is 5.72. The normalized spacial score (nSPS) is 25.1. The summed E-state index contributed by atoms with van der Waals surface area (Å²) in [5, 5.41) is 3.52. The van der Waals surface area contributed by atoms with Crippen molar-refractivity contribution in [3.05, 3.63) is 23.7 Å². The van der Waals surface area contributed by atoms with Crippen LogP contribution in [0.15, 0.2) is 16.5 Å². The van der Waals surface area contributed by atoms with Gasteiger partial charge in [-0.2, -0.15) is 0 Å². The summed E-state index contributed by atoms with van der Waals surface area (Å²) in [6.45, 7) is 5.04. The molecule has 1 saturated carbocycles. The Labute approximate surface area is 114 Å². The number of likely N-dealkylation sites (tertiary alicyclic amines) is 1. The van der Waals surface area contributed by atoms with Crippen molar-refractivity contribution in [3.8, 4) is 0 Å². The van der Waals surface area contributed by atoms with Crippen molar-refractivity contribution in [2.75, 3.05) is 6.54 Å². The third-order valence-corrected chi connectivity index (χ3v) is 4.09. The predicted octanol–water partition coefficient (Wildman–Crippen LogP) is 2.26. The highest BCUT2D eigenvalue weighted by atomic mass is 16.3. The van der Waals surface area contributed by atoms with Crippen LogP contribution in [-0.2, 0) is 11.2 Å². The Balaban J connectivity index is 1.57. The van der Waals surface area contributed by atoms with Crippen molar-refractivity contribution in [1.82, 2.24) is 10.2 Å². The van der Waals surface area contributed by atoms with Crippen molar-refractivity contribution < 1.29 is 9.21 Å². The van der Waals surface area contributed by atoms with E-state index in [1.165, 1.54) is 12.8 Å². The summed E-state index contributed by atoms with van der Waals surface area (Å²) in [4.78, 5) is 13.9. The SMILES string of the molecule is CCc1ccc([C@H](C)N[C@H]2CC(=O)N(C3CC3)C2)o1. The van der Waals surface area contributed by atoms with Crippen LogP contribution in [-0.4, -0.2) is 29.4 Å². The maximum absolute atomic E-state index is 11.9. The molecule has 1 aliphatic heterocycles. The number of carbonyl (C=O) groups is 1. The molecular formula is C15H22N2O2. The largest absolute Gasteiger partial charge is 0.464 e. The van der Waals surface area contributed by atoms with Gasteiger partial charge in [0.2, 0.25) is 5.91 Å². The first-order valence-electron chi connectivity index (χ1n) is 7.31. The fourth-order valence-electron chi connectivity index (χ4n) is 2.84. The minimum atomic E-state index is 0.164. The van der Waals surface area contributed by atoms with Gasteiger partial charge in [0.25, 0.3) is 0 Å². The Morgan fingerprint density at radius 1 is 1.47 bits per heavy atom. The highest BCUT2D eigenvalue weighted by molar-refractivity contribution is 5.80. The van der Waals surface area contributed by atoms with Gasteiger partial charge in [-0.25, -0.2) is 0 Å². The highest BCUT2D eigenvalue weighted by Gasteiger charge is 2.39. The smallest absolute Gasteiger partial charge is 0.224 e. The number of carbonyl (C=O) groups excluding carboxylic acids is 1. The number of furan rings is 1. The van der Waals surface area contributed by atoms with Gasteiger partial charge in [0, 0.05) is 31.5 Å². The van der Waals surface area contributed by atoms with E-state index in [1.54, 1.807) is 0 Å². The molecule has 2 heterocycles. The molecular weight excluding hydrogens is 240 g/mol. The van der Waals surface area contributed by atoms with Gasteiger partial charge < -0.3 is 14.6 Å². The lowest BCUT2D eigenvalue weighted by Gasteiger charge is -2.19. The fraction of sp³-hybridized carbons (Fsp3) is 0.667. The number of rotatable bonds is 5. The second-order valence-corrected chi connectivity index (χ2v) is 5.72. The molecule has 1 aromatic rings. The van der Waals surface area contributed by atoms with Crippen LogP contribution in [0.2, 0.25) is 0 Å². The molecule has 1 saturated heterocycles. The average Bonchev–Trinajstić information content (AvgIpc) is 2.99. The number of nitrogens with zero attached hydrogens (tertiary/aromatic N) is 1. The first-order valence-corrected chi connectivity index (χ1v) is 7.31. The first kappa shape index (κ1) is 12.7. The minimum absolute atomic E-state index is 0.164. The minimum Gasteiger partial charge on any atom is -0.464 e. The lowest BCUT2D eigenvalue weighted by atomic mass is 10.2. The van der Waals surface area contributed by atoms with Crippen LogP contribution in [0.4, 0.5) is 0 Å². The molecule has 4 heteroatoms. The third kappa shape index (κ3) is 2.68. The number of aryl methyl sites for hydroxylation is 1. The van der Waals surface area contributed by atoms with Crippen molar-refractivity contribution in [1.29, 1.82) is 0 Å². The maximum Gasteiger partial charge on any atom is 0.224 e. The molecule has 0 radical (unpaired) electrons. The standard InChI is InChI=1S/C15H22N2O2/c1-3-13-6-7-14(19-13)10(2)16-11-8-15(18)17(9-11)12-4-5-12/h6-7,10-12,16H,3-5,8-9H2,1-2H3/t10-,11-/m0/s1. The van der Waals surface area contributed by atoms with Gasteiger partial charge in [-0.1, -0.05) is 6.92 Å². The molecule has 2 atom stereocenters. The van der Waals surface area contributed by atoms with E-state index in [-0.39, 0.29) is 12.1 Å². The zero-order chi connectivity index (χ0) is 13.4. The number of hydrogen-bond donors (Lipinski definition) is 1. The molecule has 104 valence electrons. The topological polar surface area (TPSA) is 45.5 Å². The molecule has 0 spiro atoms. The molecule has 1 N–H and O–H groups in total. The summed E-state index contributed by atoms with van der Waals surface area (Å²) in [6.07, 6.45) is 3.92. The quantitative estimate of drug-likeness (QED) is 0.885. The van der Waals surface area contributed by atoms with E-state index in [0.717, 1.165) is 24.5 Å². The molecule has 2 aliphatic rings. The lowest BCUT2D eigenvalue weighted by molar-refractivity contribution is -0.128. The Kier molecular flexibility index (Phi) is 3.35. The highest BCUT2D eigenvalue weighted by Crippen LogP contribution is 2.31. The van der Waals surface area contributed by atoms with Crippen LogP contribution in [0.3, 0.4) is 0 Å². The monoisotopic (exact) mass is 262 g/mol. The summed E-state index contributed by atoms with van der Waals surface area (Å²) in [5.41, 5.74) is 0. The van der Waals surface area contributed by atoms with E-state index in [0.29, 0.717) is 18.4 Å². The maximum atomic E-state index is 11.9. The van der Waals surface area contributed by atoms with Gasteiger partial charge in [0.1, 0.15) is 11.5 Å². The van der Waals surface area contributed by atoms with Crippen LogP contribution in [0, 0.1) is 0 Å². The number of hydrogen-bond acceptors (Lipinski definition) is 3. The van der Waals surface area contributed by atoms with Gasteiger partial charge in [-0.05, 0) is 31.9 Å². The van der Waals surface area contributed by atoms with Crippen molar-refractivity contribution in [2.45, 2.75) is 57.7 Å². The molecule has 0 bridgehead atoms. The van der Waals surface area contributed by atoms with E-state index in [1.807, 2.05) is 17.0 Å². The molecule has 2 fully saturated rings. The summed E-state index contributed by atoms with van der Waals surface area (Å²) in [5.74, 6) is 2.29. The van der Waals surface area contributed by atoms with Gasteiger partial charge >= 0.3 is 0 Å². The van der Waals surface area contributed by atoms with Crippen LogP contribution in [0.5, 0.6) is 0 Å². The van der Waals surface area contributed by atoms with Gasteiger partial charge in [0.15, 0.2) is 0 Å². The predicted molar refractivity (Wildman–Crippen MR) is 72.8 cm³/mol. The summed E-state index contributed by atoms with van der Waals surface area (Å²) >= 11 is 0. The van der Waals surface area contributed by atoms with Gasteiger partial charge in [0.05, 0.1) is 6.04 Å². The molecule has 0 unspecified atom stereocenters.